The van der Waals surface area contributed by atoms with E-state index in [1.165, 1.54) is 0 Å². The van der Waals surface area contributed by atoms with E-state index in [9.17, 15) is 0 Å². The number of rotatable bonds is 0. The monoisotopic (exact) mass is 234 g/mol. The van der Waals surface area contributed by atoms with E-state index in [0.29, 0.717) is 0 Å². The van der Waals surface area contributed by atoms with Gasteiger partial charge in [-0.25, -0.2) is 0 Å². The standard InChI is InChI=1S/C12H8N2.CH2O2.Li.H/c1-3-9-5-6-10-4-2-8-14-12(10)11(9)13-7-1;2-1-3;;/h1-8H;1H,(H,2,3);;. The van der Waals surface area contributed by atoms with Crippen LogP contribution in [-0.4, -0.2) is 40.4 Å². The largest absolute Gasteiger partial charge is 0.254 e. The van der Waals surface area contributed by atoms with Gasteiger partial charge < -0.3 is 5.11 Å². The molecule has 0 aliphatic carbocycles. The summed E-state index contributed by atoms with van der Waals surface area (Å²) in [5.74, 6) is 0. The Morgan fingerprint density at radius 3 is 1.67 bits per heavy atom. The maximum absolute atomic E-state index is 8.36. The van der Waals surface area contributed by atoms with Crippen LogP contribution in [0.15, 0.2) is 48.8 Å². The molecule has 0 unspecified atom stereocenters. The van der Waals surface area contributed by atoms with Gasteiger partial charge in [-0.15, -0.1) is 0 Å². The van der Waals surface area contributed by atoms with Crippen molar-refractivity contribution in [1.29, 1.82) is 0 Å². The van der Waals surface area contributed by atoms with Gasteiger partial charge in [0.2, 0.25) is 0 Å². The molecule has 1 N–H and O–H groups in total. The maximum atomic E-state index is 8.36. The van der Waals surface area contributed by atoms with Gasteiger partial charge in [0, 0.05) is 23.2 Å². The molecule has 2 heterocycles. The quantitative estimate of drug-likeness (QED) is 0.366. The summed E-state index contributed by atoms with van der Waals surface area (Å²) in [4.78, 5) is 17.1. The first-order chi connectivity index (χ1) is 8.36. The van der Waals surface area contributed by atoms with E-state index in [-0.39, 0.29) is 25.3 Å². The van der Waals surface area contributed by atoms with E-state index < -0.39 is 0 Å². The first-order valence-corrected chi connectivity index (χ1v) is 5.03. The van der Waals surface area contributed by atoms with E-state index in [0.717, 1.165) is 21.8 Å². The Hall–Kier alpha value is -1.89. The van der Waals surface area contributed by atoms with Gasteiger partial charge in [-0.1, -0.05) is 24.3 Å². The minimum absolute atomic E-state index is 0. The molecule has 0 bridgehead atoms. The molecule has 3 rings (SSSR count). The molecule has 0 aliphatic heterocycles. The molecular weight excluding hydrogens is 223 g/mol. The van der Waals surface area contributed by atoms with E-state index in [1.807, 2.05) is 12.1 Å². The van der Waals surface area contributed by atoms with Crippen molar-refractivity contribution in [2.24, 2.45) is 0 Å². The summed E-state index contributed by atoms with van der Waals surface area (Å²) in [6.07, 6.45) is 3.60. The van der Waals surface area contributed by atoms with Gasteiger partial charge in [-0.05, 0) is 12.1 Å². The molecule has 18 heavy (non-hydrogen) atoms. The van der Waals surface area contributed by atoms with Crippen molar-refractivity contribution < 1.29 is 9.90 Å². The summed E-state index contributed by atoms with van der Waals surface area (Å²) in [6, 6.07) is 12.1. The van der Waals surface area contributed by atoms with E-state index in [2.05, 4.69) is 34.2 Å². The number of carbonyl (C=O) groups is 1. The number of benzene rings is 1. The molecule has 2 aromatic heterocycles. The number of aromatic nitrogens is 2. The molecule has 86 valence electrons. The molecule has 0 atom stereocenters. The second-order valence-corrected chi connectivity index (χ2v) is 3.32. The van der Waals surface area contributed by atoms with Gasteiger partial charge in [0.25, 0.3) is 6.47 Å². The Morgan fingerprint density at radius 1 is 0.889 bits per heavy atom. The summed E-state index contributed by atoms with van der Waals surface area (Å²) in [5, 5.41) is 9.16. The Bertz CT molecular complexity index is 604. The molecule has 0 spiro atoms. The van der Waals surface area contributed by atoms with E-state index in [1.54, 1.807) is 12.4 Å². The van der Waals surface area contributed by atoms with Gasteiger partial charge >= 0.3 is 18.9 Å². The molecule has 4 nitrogen and oxygen atoms in total. The molecule has 1 aromatic carbocycles. The van der Waals surface area contributed by atoms with Crippen molar-refractivity contribution in [3.05, 3.63) is 48.8 Å². The summed E-state index contributed by atoms with van der Waals surface area (Å²) < 4.78 is 0. The summed E-state index contributed by atoms with van der Waals surface area (Å²) >= 11 is 0. The smallest absolute Gasteiger partial charge is 0.0964 e. The fourth-order valence-corrected chi connectivity index (χ4v) is 1.68. The number of hydrogen-bond acceptors (Lipinski definition) is 3. The van der Waals surface area contributed by atoms with Crippen LogP contribution < -0.4 is 0 Å². The minimum atomic E-state index is -0.250. The summed E-state index contributed by atoms with van der Waals surface area (Å²) in [6.45, 7) is -0.250. The van der Waals surface area contributed by atoms with Crippen LogP contribution in [0.5, 0.6) is 0 Å². The van der Waals surface area contributed by atoms with Crippen LogP contribution in [0.3, 0.4) is 0 Å². The molecular formula is C13H11LiN2O2. The van der Waals surface area contributed by atoms with Gasteiger partial charge in [0.15, 0.2) is 0 Å². The average molecular weight is 234 g/mol. The third-order valence-electron chi connectivity index (χ3n) is 2.34. The minimum Gasteiger partial charge on any atom is -0.254 e. The van der Waals surface area contributed by atoms with Gasteiger partial charge in [0.05, 0.1) is 11.0 Å². The molecule has 0 fully saturated rings. The topological polar surface area (TPSA) is 63.1 Å². The molecule has 0 saturated carbocycles. The van der Waals surface area contributed by atoms with Crippen molar-refractivity contribution in [1.82, 2.24) is 9.97 Å². The molecule has 0 aliphatic rings. The first-order valence-electron chi connectivity index (χ1n) is 5.03. The summed E-state index contributed by atoms with van der Waals surface area (Å²) in [5.41, 5.74) is 1.95. The van der Waals surface area contributed by atoms with Crippen molar-refractivity contribution in [3.63, 3.8) is 0 Å². The Labute approximate surface area is 116 Å². The van der Waals surface area contributed by atoms with E-state index in [4.69, 9.17) is 9.90 Å². The predicted molar refractivity (Wildman–Crippen MR) is 72.9 cm³/mol. The van der Waals surface area contributed by atoms with Crippen LogP contribution in [0.25, 0.3) is 21.8 Å². The van der Waals surface area contributed by atoms with Crippen LogP contribution in [0.1, 0.15) is 0 Å². The molecule has 0 saturated heterocycles. The zero-order chi connectivity index (χ0) is 12.1. The molecule has 3 aromatic rings. The van der Waals surface area contributed by atoms with Crippen molar-refractivity contribution in [2.75, 3.05) is 0 Å². The van der Waals surface area contributed by atoms with Crippen molar-refractivity contribution >= 4 is 47.1 Å². The van der Waals surface area contributed by atoms with Gasteiger partial charge in [-0.2, -0.15) is 0 Å². The van der Waals surface area contributed by atoms with E-state index >= 15 is 0 Å². The fraction of sp³-hybridized carbons (Fsp3) is 0. The van der Waals surface area contributed by atoms with Crippen molar-refractivity contribution in [2.45, 2.75) is 0 Å². The number of pyridine rings is 2. The normalized spacial score (nSPS) is 9.11. The van der Waals surface area contributed by atoms with Crippen LogP contribution >= 0.6 is 0 Å². The Morgan fingerprint density at radius 2 is 1.28 bits per heavy atom. The first kappa shape index (κ1) is 14.2. The zero-order valence-electron chi connectivity index (χ0n) is 8.95. The Kier molecular flexibility index (Phi) is 5.31. The molecule has 5 heteroatoms. The van der Waals surface area contributed by atoms with Crippen LogP contribution in [0.4, 0.5) is 0 Å². The van der Waals surface area contributed by atoms with Crippen molar-refractivity contribution in [3.8, 4) is 0 Å². The SMILES string of the molecule is O=CO.[LiH].c1cnc2c(c1)ccc1cccnc12. The zero-order valence-corrected chi connectivity index (χ0v) is 8.95. The number of hydrogen-bond donors (Lipinski definition) is 1. The third-order valence-corrected chi connectivity index (χ3v) is 2.34. The molecule has 0 amide bonds. The Balaban J connectivity index is 0.000000372. The number of fused-ring (bicyclic) bond motifs is 3. The van der Waals surface area contributed by atoms with Crippen LogP contribution in [-0.2, 0) is 4.79 Å². The number of nitrogens with zero attached hydrogens (tertiary/aromatic N) is 2. The van der Waals surface area contributed by atoms with Crippen LogP contribution in [0, 0.1) is 0 Å². The summed E-state index contributed by atoms with van der Waals surface area (Å²) in [7, 11) is 0. The van der Waals surface area contributed by atoms with Gasteiger partial charge in [0.1, 0.15) is 0 Å². The third kappa shape index (κ3) is 2.86. The average Bonchev–Trinajstić information content (AvgIpc) is 2.40. The number of carboxylic acid groups (broad SMARTS) is 1. The molecule has 0 radical (unpaired) electrons. The van der Waals surface area contributed by atoms with Crippen LogP contribution in [0.2, 0.25) is 0 Å². The second-order valence-electron chi connectivity index (χ2n) is 3.32. The second kappa shape index (κ2) is 6.75. The maximum Gasteiger partial charge on any atom is 0.0964 e. The van der Waals surface area contributed by atoms with Gasteiger partial charge in [-0.3, -0.25) is 14.8 Å². The fourth-order valence-electron chi connectivity index (χ4n) is 1.68. The predicted octanol–water partition coefficient (Wildman–Crippen LogP) is 1.84.